The monoisotopic (exact) mass is 184 g/mol. The molecule has 1 fully saturated rings. The maximum atomic E-state index is 10.7. The van der Waals surface area contributed by atoms with E-state index in [0.717, 1.165) is 0 Å². The Bertz CT molecular complexity index is 233. The van der Waals surface area contributed by atoms with Gasteiger partial charge in [-0.1, -0.05) is 0 Å². The summed E-state index contributed by atoms with van der Waals surface area (Å²) in [6, 6.07) is 0. The van der Waals surface area contributed by atoms with Crippen LogP contribution in [0.4, 0.5) is 0 Å². The largest absolute Gasteiger partial charge is 0.378 e. The number of amidine groups is 1. The minimum absolute atomic E-state index is 0.0538. The van der Waals surface area contributed by atoms with Crippen molar-refractivity contribution in [2.24, 2.45) is 15.8 Å². The molecule has 0 aromatic rings. The summed E-state index contributed by atoms with van der Waals surface area (Å²) in [5, 5.41) is 5.61. The fraction of sp³-hybridized carbons (Fsp3) is 0.571. The number of amides is 1. The zero-order valence-electron chi connectivity index (χ0n) is 7.27. The lowest BCUT2D eigenvalue weighted by atomic mass is 10.5. The van der Waals surface area contributed by atoms with Gasteiger partial charge in [0.25, 0.3) is 5.91 Å². The number of rotatable bonds is 1. The van der Waals surface area contributed by atoms with E-state index in [-0.39, 0.29) is 5.84 Å². The number of nitrogens with two attached hydrogens (primary N) is 1. The Kier molecular flexibility index (Phi) is 3.39. The first-order chi connectivity index (χ1) is 6.24. The van der Waals surface area contributed by atoms with E-state index >= 15 is 0 Å². The number of primary amides is 1. The molecule has 1 aliphatic rings. The standard InChI is InChI=1S/C7H12N4O2/c1-9-7(6(8)12)10-11-2-4-13-5-3-11/h1-5H2,(H2,8,12)/b10-7-. The number of hydrazone groups is 1. The van der Waals surface area contributed by atoms with Gasteiger partial charge in [-0.2, -0.15) is 5.10 Å². The van der Waals surface area contributed by atoms with Crippen molar-refractivity contribution in [3.8, 4) is 0 Å². The molecule has 0 unspecified atom stereocenters. The van der Waals surface area contributed by atoms with Gasteiger partial charge in [0.1, 0.15) is 0 Å². The fourth-order valence-electron chi connectivity index (χ4n) is 0.946. The van der Waals surface area contributed by atoms with Gasteiger partial charge < -0.3 is 10.5 Å². The van der Waals surface area contributed by atoms with Crippen molar-refractivity contribution in [2.75, 3.05) is 26.3 Å². The molecule has 0 aliphatic carbocycles. The molecule has 0 aromatic heterocycles. The highest BCUT2D eigenvalue weighted by atomic mass is 16.5. The maximum absolute atomic E-state index is 10.7. The van der Waals surface area contributed by atoms with Gasteiger partial charge >= 0.3 is 0 Å². The van der Waals surface area contributed by atoms with Gasteiger partial charge in [0.05, 0.1) is 26.3 Å². The molecule has 0 bridgehead atoms. The van der Waals surface area contributed by atoms with Gasteiger partial charge in [0.15, 0.2) is 0 Å². The highest BCUT2D eigenvalue weighted by molar-refractivity contribution is 6.38. The number of hydrogen-bond acceptors (Lipinski definition) is 4. The number of nitrogens with zero attached hydrogens (tertiary/aromatic N) is 3. The molecule has 6 nitrogen and oxygen atoms in total. The van der Waals surface area contributed by atoms with Crippen molar-refractivity contribution >= 4 is 18.5 Å². The van der Waals surface area contributed by atoms with Crippen LogP contribution in [0.5, 0.6) is 0 Å². The minimum atomic E-state index is -0.665. The third-order valence-corrected chi connectivity index (χ3v) is 1.59. The first kappa shape index (κ1) is 9.66. The van der Waals surface area contributed by atoms with Gasteiger partial charge in [-0.05, 0) is 6.72 Å². The van der Waals surface area contributed by atoms with Gasteiger partial charge in [0.2, 0.25) is 5.84 Å². The summed E-state index contributed by atoms with van der Waals surface area (Å²) >= 11 is 0. The molecule has 0 atom stereocenters. The maximum Gasteiger partial charge on any atom is 0.288 e. The first-order valence-corrected chi connectivity index (χ1v) is 3.92. The van der Waals surface area contributed by atoms with Crippen LogP contribution in [0, 0.1) is 0 Å². The molecule has 0 radical (unpaired) electrons. The Labute approximate surface area is 76.1 Å². The average molecular weight is 184 g/mol. The van der Waals surface area contributed by atoms with Gasteiger partial charge in [-0.3, -0.25) is 9.80 Å². The Balaban J connectivity index is 2.59. The molecule has 13 heavy (non-hydrogen) atoms. The predicted octanol–water partition coefficient (Wildman–Crippen LogP) is -1.18. The Morgan fingerprint density at radius 2 is 2.08 bits per heavy atom. The molecule has 2 N–H and O–H groups in total. The number of hydrogen-bond donors (Lipinski definition) is 1. The molecule has 1 aliphatic heterocycles. The van der Waals surface area contributed by atoms with Gasteiger partial charge in [-0.15, -0.1) is 0 Å². The number of carbonyl (C=O) groups is 1. The summed E-state index contributed by atoms with van der Waals surface area (Å²) in [6.07, 6.45) is 0. The number of morpholine rings is 1. The molecular weight excluding hydrogens is 172 g/mol. The molecule has 0 saturated carbocycles. The lowest BCUT2D eigenvalue weighted by molar-refractivity contribution is -0.112. The van der Waals surface area contributed by atoms with Crippen molar-refractivity contribution in [1.82, 2.24) is 5.01 Å². The molecule has 72 valence electrons. The molecular formula is C7H12N4O2. The molecule has 0 aromatic carbocycles. The Morgan fingerprint density at radius 3 is 2.54 bits per heavy atom. The Morgan fingerprint density at radius 1 is 1.46 bits per heavy atom. The SMILES string of the molecule is C=N/C(=N\N1CCOCC1)C(N)=O. The second kappa shape index (κ2) is 4.56. The van der Waals surface area contributed by atoms with E-state index in [4.69, 9.17) is 10.5 Å². The van der Waals surface area contributed by atoms with Crippen LogP contribution in [0.1, 0.15) is 0 Å². The van der Waals surface area contributed by atoms with Crippen LogP contribution >= 0.6 is 0 Å². The van der Waals surface area contributed by atoms with Crippen LogP contribution in [0.25, 0.3) is 0 Å². The van der Waals surface area contributed by atoms with Gasteiger partial charge in [0, 0.05) is 0 Å². The van der Waals surface area contributed by atoms with Crippen LogP contribution in [0.3, 0.4) is 0 Å². The van der Waals surface area contributed by atoms with Crippen molar-refractivity contribution in [2.45, 2.75) is 0 Å². The van der Waals surface area contributed by atoms with Crippen LogP contribution in [0.2, 0.25) is 0 Å². The number of carbonyl (C=O) groups excluding carboxylic acids is 1. The zero-order chi connectivity index (χ0) is 9.68. The van der Waals surface area contributed by atoms with E-state index in [1.54, 1.807) is 5.01 Å². The molecule has 1 saturated heterocycles. The minimum Gasteiger partial charge on any atom is -0.378 e. The van der Waals surface area contributed by atoms with Crippen molar-refractivity contribution < 1.29 is 9.53 Å². The fourth-order valence-corrected chi connectivity index (χ4v) is 0.946. The zero-order valence-corrected chi connectivity index (χ0v) is 7.27. The molecule has 1 amide bonds. The topological polar surface area (TPSA) is 80.3 Å². The summed E-state index contributed by atoms with van der Waals surface area (Å²) in [5.41, 5.74) is 5.00. The van der Waals surface area contributed by atoms with Crippen LogP contribution in [-0.2, 0) is 9.53 Å². The summed E-state index contributed by atoms with van der Waals surface area (Å²) in [7, 11) is 0. The smallest absolute Gasteiger partial charge is 0.288 e. The van der Waals surface area contributed by atoms with E-state index in [9.17, 15) is 4.79 Å². The summed E-state index contributed by atoms with van der Waals surface area (Å²) in [6.45, 7) is 5.71. The molecule has 1 heterocycles. The van der Waals surface area contributed by atoms with E-state index in [2.05, 4.69) is 16.8 Å². The van der Waals surface area contributed by atoms with Crippen molar-refractivity contribution in [3.63, 3.8) is 0 Å². The van der Waals surface area contributed by atoms with E-state index < -0.39 is 5.91 Å². The first-order valence-electron chi connectivity index (χ1n) is 3.92. The number of ether oxygens (including phenoxy) is 1. The molecule has 1 rings (SSSR count). The molecule has 0 spiro atoms. The van der Waals surface area contributed by atoms with Crippen molar-refractivity contribution in [1.29, 1.82) is 0 Å². The second-order valence-corrected chi connectivity index (χ2v) is 2.51. The van der Waals surface area contributed by atoms with E-state index in [1.165, 1.54) is 0 Å². The highest BCUT2D eigenvalue weighted by Crippen LogP contribution is 1.97. The van der Waals surface area contributed by atoms with Crippen LogP contribution in [0.15, 0.2) is 10.1 Å². The third kappa shape index (κ3) is 2.83. The third-order valence-electron chi connectivity index (χ3n) is 1.59. The van der Waals surface area contributed by atoms with Gasteiger partial charge in [-0.25, -0.2) is 4.99 Å². The van der Waals surface area contributed by atoms with E-state index in [1.807, 2.05) is 0 Å². The summed E-state index contributed by atoms with van der Waals surface area (Å²) in [4.78, 5) is 14.1. The van der Waals surface area contributed by atoms with Crippen molar-refractivity contribution in [3.05, 3.63) is 0 Å². The van der Waals surface area contributed by atoms with E-state index in [0.29, 0.717) is 26.3 Å². The predicted molar refractivity (Wildman–Crippen MR) is 48.6 cm³/mol. The summed E-state index contributed by atoms with van der Waals surface area (Å²) in [5.74, 6) is -0.719. The second-order valence-electron chi connectivity index (χ2n) is 2.51. The van der Waals surface area contributed by atoms with Crippen LogP contribution in [-0.4, -0.2) is 49.8 Å². The average Bonchev–Trinajstić information content (AvgIpc) is 2.15. The Hall–Kier alpha value is -1.43. The number of aliphatic imine (C=N–C) groups is 1. The lowest BCUT2D eigenvalue weighted by Gasteiger charge is -2.23. The lowest BCUT2D eigenvalue weighted by Crippen LogP contribution is -2.34. The molecule has 6 heteroatoms. The quantitative estimate of drug-likeness (QED) is 0.411. The summed E-state index contributed by atoms with van der Waals surface area (Å²) < 4.78 is 5.10. The highest BCUT2D eigenvalue weighted by Gasteiger charge is 2.11. The van der Waals surface area contributed by atoms with Crippen LogP contribution < -0.4 is 5.73 Å². The normalized spacial score (nSPS) is 18.5.